The van der Waals surface area contributed by atoms with Gasteiger partial charge in [0.1, 0.15) is 77.2 Å². The Labute approximate surface area is 238 Å². The summed E-state index contributed by atoms with van der Waals surface area (Å²) in [7, 11) is 1.52. The second-order valence-corrected chi connectivity index (χ2v) is 10.2. The molecule has 3 heterocycles. The van der Waals surface area contributed by atoms with Gasteiger partial charge in [-0.25, -0.2) is 0 Å². The molecular weight excluding hydrogens is 560 g/mol. The smallest absolute Gasteiger partial charge is 0.229 e. The van der Waals surface area contributed by atoms with E-state index >= 15 is 0 Å². The fourth-order valence-corrected chi connectivity index (χ4v) is 4.87. The Morgan fingerprint density at radius 1 is 0.810 bits per heavy atom. The van der Waals surface area contributed by atoms with Gasteiger partial charge >= 0.3 is 0 Å². The van der Waals surface area contributed by atoms with Gasteiger partial charge in [-0.15, -0.1) is 0 Å². The molecule has 10 unspecified atom stereocenters. The molecule has 14 nitrogen and oxygen atoms in total. The Balaban J connectivity index is 1.33. The summed E-state index contributed by atoms with van der Waals surface area (Å²) in [6.45, 7) is 0.987. The Bertz CT molecular complexity index is 1440. The zero-order chi connectivity index (χ0) is 30.3. The van der Waals surface area contributed by atoms with Gasteiger partial charge in [0.2, 0.25) is 11.7 Å². The van der Waals surface area contributed by atoms with Gasteiger partial charge < -0.3 is 63.8 Å². The average Bonchev–Trinajstić information content (AvgIpc) is 2.98. The molecule has 2 aliphatic rings. The number of aromatic hydroxyl groups is 1. The van der Waals surface area contributed by atoms with Crippen LogP contribution in [0.15, 0.2) is 51.9 Å². The van der Waals surface area contributed by atoms with Crippen molar-refractivity contribution in [2.45, 2.75) is 68.3 Å². The summed E-state index contributed by atoms with van der Waals surface area (Å²) in [5.41, 5.74) is 0.200. The van der Waals surface area contributed by atoms with Crippen LogP contribution < -0.4 is 14.9 Å². The number of phenols is 1. The summed E-state index contributed by atoms with van der Waals surface area (Å²) in [4.78, 5) is 13.2. The van der Waals surface area contributed by atoms with Crippen LogP contribution in [0.2, 0.25) is 0 Å². The van der Waals surface area contributed by atoms with Crippen molar-refractivity contribution in [3.05, 3.63) is 52.9 Å². The van der Waals surface area contributed by atoms with E-state index in [0.29, 0.717) is 11.3 Å². The molecule has 10 atom stereocenters. The molecule has 1 aromatic heterocycles. The molecule has 3 aromatic rings. The van der Waals surface area contributed by atoms with Gasteiger partial charge in [0, 0.05) is 12.1 Å². The maximum atomic E-state index is 13.2. The molecule has 0 spiro atoms. The van der Waals surface area contributed by atoms with Crippen molar-refractivity contribution in [3.8, 4) is 28.4 Å². The fourth-order valence-electron chi connectivity index (χ4n) is 4.87. The lowest BCUT2D eigenvalue weighted by Gasteiger charge is -2.42. The van der Waals surface area contributed by atoms with Gasteiger partial charge in [0.25, 0.3) is 0 Å². The molecule has 0 aliphatic carbocycles. The zero-order valence-electron chi connectivity index (χ0n) is 22.5. The van der Waals surface area contributed by atoms with E-state index in [1.165, 1.54) is 26.4 Å². The molecule has 2 aromatic carbocycles. The van der Waals surface area contributed by atoms with E-state index in [1.807, 2.05) is 0 Å². The number of benzene rings is 2. The quantitative estimate of drug-likeness (QED) is 0.179. The molecule has 2 fully saturated rings. The first-order valence-electron chi connectivity index (χ1n) is 13.1. The van der Waals surface area contributed by atoms with Gasteiger partial charge in [-0.3, -0.25) is 4.79 Å². The molecular formula is C28H32O14. The van der Waals surface area contributed by atoms with Crippen LogP contribution in [0.5, 0.6) is 17.2 Å². The van der Waals surface area contributed by atoms with Crippen LogP contribution in [0.3, 0.4) is 0 Å². The van der Waals surface area contributed by atoms with Crippen molar-refractivity contribution in [3.63, 3.8) is 0 Å². The van der Waals surface area contributed by atoms with Crippen LogP contribution in [0, 0.1) is 0 Å². The first-order chi connectivity index (χ1) is 20.0. The van der Waals surface area contributed by atoms with Crippen LogP contribution in [-0.4, -0.2) is 111 Å². The first-order valence-corrected chi connectivity index (χ1v) is 13.1. The van der Waals surface area contributed by atoms with Crippen molar-refractivity contribution in [1.82, 2.24) is 0 Å². The summed E-state index contributed by atoms with van der Waals surface area (Å²) in [5.74, 6) is 0.0283. The number of ether oxygens (including phenoxy) is 5. The minimum absolute atomic E-state index is 0.0312. The number of methoxy groups -OCH3 is 1. The van der Waals surface area contributed by atoms with E-state index in [1.54, 1.807) is 24.3 Å². The molecule has 0 saturated carbocycles. The van der Waals surface area contributed by atoms with E-state index in [4.69, 9.17) is 28.1 Å². The maximum Gasteiger partial charge on any atom is 0.229 e. The van der Waals surface area contributed by atoms with Crippen molar-refractivity contribution < 1.29 is 63.8 Å². The third kappa shape index (κ3) is 5.68. The molecule has 7 N–H and O–H groups in total. The maximum absolute atomic E-state index is 13.2. The lowest BCUT2D eigenvalue weighted by molar-refractivity contribution is -0.318. The topological polar surface area (TPSA) is 218 Å². The third-order valence-electron chi connectivity index (χ3n) is 7.39. The van der Waals surface area contributed by atoms with Gasteiger partial charge in [0.05, 0.1) is 25.4 Å². The number of hydrogen-bond acceptors (Lipinski definition) is 14. The standard InChI is InChI=1S/C28H32O14/c1-11-20(30)23(33)25(35)27(40-11)39-10-18-22(32)24(34)26(36)28(42-18)41-14-7-16(29)19-17(8-14)38-9-15(21(19)31)12-3-5-13(37-2)6-4-12/h3-9,11,18,20,22-30,32-36H,10H2,1-2H3. The van der Waals surface area contributed by atoms with E-state index in [0.717, 1.165) is 6.07 Å². The molecule has 0 amide bonds. The Kier molecular flexibility index (Phi) is 8.71. The van der Waals surface area contributed by atoms with Crippen molar-refractivity contribution in [2.24, 2.45) is 0 Å². The number of aliphatic hydroxyl groups is 6. The van der Waals surface area contributed by atoms with Crippen molar-refractivity contribution in [2.75, 3.05) is 13.7 Å². The van der Waals surface area contributed by atoms with Gasteiger partial charge in [0.15, 0.2) is 6.29 Å². The van der Waals surface area contributed by atoms with Crippen LogP contribution in [-0.2, 0) is 14.2 Å². The van der Waals surface area contributed by atoms with Crippen molar-refractivity contribution in [1.29, 1.82) is 0 Å². The molecule has 14 heteroatoms. The number of aliphatic hydroxyl groups excluding tert-OH is 6. The first kappa shape index (κ1) is 30.2. The normalized spacial score (nSPS) is 33.4. The van der Waals surface area contributed by atoms with E-state index in [9.17, 15) is 40.5 Å². The van der Waals surface area contributed by atoms with E-state index < -0.39 is 79.2 Å². The summed E-state index contributed by atoms with van der Waals surface area (Å²) in [5, 5.41) is 71.9. The molecule has 2 saturated heterocycles. The van der Waals surface area contributed by atoms with Crippen LogP contribution in [0.1, 0.15) is 6.92 Å². The van der Waals surface area contributed by atoms with E-state index in [-0.39, 0.29) is 22.3 Å². The minimum atomic E-state index is -1.75. The highest BCUT2D eigenvalue weighted by molar-refractivity contribution is 5.88. The van der Waals surface area contributed by atoms with Crippen LogP contribution in [0.25, 0.3) is 22.1 Å². The Morgan fingerprint density at radius 2 is 1.48 bits per heavy atom. The van der Waals surface area contributed by atoms with Crippen LogP contribution >= 0.6 is 0 Å². The Hall–Kier alpha value is -3.31. The lowest BCUT2D eigenvalue weighted by atomic mass is 9.98. The summed E-state index contributed by atoms with van der Waals surface area (Å²) >= 11 is 0. The van der Waals surface area contributed by atoms with Gasteiger partial charge in [-0.1, -0.05) is 12.1 Å². The van der Waals surface area contributed by atoms with Gasteiger partial charge in [-0.05, 0) is 24.6 Å². The monoisotopic (exact) mass is 592 g/mol. The number of hydrogen-bond donors (Lipinski definition) is 7. The Morgan fingerprint density at radius 3 is 2.17 bits per heavy atom. The fraction of sp³-hybridized carbons (Fsp3) is 0.464. The third-order valence-corrected chi connectivity index (χ3v) is 7.39. The predicted molar refractivity (Wildman–Crippen MR) is 142 cm³/mol. The molecule has 0 radical (unpaired) electrons. The van der Waals surface area contributed by atoms with Crippen molar-refractivity contribution >= 4 is 11.0 Å². The lowest BCUT2D eigenvalue weighted by Crippen LogP contribution is -2.61. The largest absolute Gasteiger partial charge is 0.507 e. The number of phenolic OH excluding ortho intramolecular Hbond substituents is 1. The minimum Gasteiger partial charge on any atom is -0.507 e. The average molecular weight is 593 g/mol. The second kappa shape index (κ2) is 12.1. The molecule has 0 bridgehead atoms. The van der Waals surface area contributed by atoms with E-state index in [2.05, 4.69) is 0 Å². The summed E-state index contributed by atoms with van der Waals surface area (Å²) in [6.07, 6.45) is -13.6. The molecule has 2 aliphatic heterocycles. The summed E-state index contributed by atoms with van der Waals surface area (Å²) < 4.78 is 32.8. The number of fused-ring (bicyclic) bond motifs is 1. The second-order valence-electron chi connectivity index (χ2n) is 10.2. The summed E-state index contributed by atoms with van der Waals surface area (Å²) in [6, 6.07) is 9.07. The SMILES string of the molecule is COc1ccc(-c2coc3cc(OC4OC(COC5OC(C)C(O)C(O)C5O)C(O)C(O)C4O)cc(O)c3c2=O)cc1. The molecule has 42 heavy (non-hydrogen) atoms. The zero-order valence-corrected chi connectivity index (χ0v) is 22.5. The van der Waals surface area contributed by atoms with Crippen LogP contribution in [0.4, 0.5) is 0 Å². The molecule has 228 valence electrons. The highest BCUT2D eigenvalue weighted by atomic mass is 16.7. The highest BCUT2D eigenvalue weighted by Crippen LogP contribution is 2.33. The number of rotatable bonds is 7. The van der Waals surface area contributed by atoms with Gasteiger partial charge in [-0.2, -0.15) is 0 Å². The predicted octanol–water partition coefficient (Wildman–Crippen LogP) is -0.795. The highest BCUT2D eigenvalue weighted by Gasteiger charge is 2.47. The molecule has 5 rings (SSSR count).